The molecule has 0 spiro atoms. The third-order valence-corrected chi connectivity index (χ3v) is 11.1. The maximum Gasteiger partial charge on any atom is 0.422 e. The molecule has 2 saturated heterocycles. The molecule has 45 heavy (non-hydrogen) atoms. The number of rotatable bonds is 8. The van der Waals surface area contributed by atoms with E-state index in [1.54, 1.807) is 6.07 Å². The molecule has 12 nitrogen and oxygen atoms in total. The summed E-state index contributed by atoms with van der Waals surface area (Å²) in [6, 6.07) is 6.71. The molecule has 3 aliphatic rings. The van der Waals surface area contributed by atoms with E-state index in [1.165, 1.54) is 12.3 Å². The van der Waals surface area contributed by atoms with Gasteiger partial charge in [0.15, 0.2) is 16.4 Å². The van der Waals surface area contributed by atoms with Crippen molar-refractivity contribution in [3.8, 4) is 11.8 Å². The lowest BCUT2D eigenvalue weighted by Crippen LogP contribution is -2.69. The average Bonchev–Trinajstić information content (AvgIpc) is 3.56. The number of nitrogens with zero attached hydrogens (tertiary/aromatic N) is 4. The highest BCUT2D eigenvalue weighted by Gasteiger charge is 2.59. The fraction of sp³-hybridized carbons (Fsp3) is 0.444. The lowest BCUT2D eigenvalue weighted by Gasteiger charge is -2.48. The SMILES string of the molecule is N#CC1(NC(=O)[C@@H]2C[C@@H](S(=O)(=O)c3ccc(OCC(F)(F)F)cc3Cl)CN2C(=O)C2(c3ccc(Br)cn3)CN(C(=O)O)C2)CC1. The summed E-state index contributed by atoms with van der Waals surface area (Å²) in [5.41, 5.74) is -2.45. The van der Waals surface area contributed by atoms with Gasteiger partial charge in [-0.2, -0.15) is 18.4 Å². The smallest absolute Gasteiger partial charge is 0.422 e. The Morgan fingerprint density at radius 1 is 1.22 bits per heavy atom. The number of alkyl halides is 3. The van der Waals surface area contributed by atoms with Crippen LogP contribution in [0.15, 0.2) is 45.9 Å². The minimum absolute atomic E-state index is 0.215. The molecule has 1 aliphatic carbocycles. The molecule has 0 bridgehead atoms. The van der Waals surface area contributed by atoms with E-state index in [4.69, 9.17) is 11.6 Å². The van der Waals surface area contributed by atoms with Crippen molar-refractivity contribution < 1.29 is 45.8 Å². The highest BCUT2D eigenvalue weighted by Crippen LogP contribution is 2.41. The first-order chi connectivity index (χ1) is 21.0. The van der Waals surface area contributed by atoms with Crippen molar-refractivity contribution in [2.45, 2.75) is 52.6 Å². The summed E-state index contributed by atoms with van der Waals surface area (Å²) in [5.74, 6) is -1.80. The van der Waals surface area contributed by atoms with Crippen LogP contribution in [0.5, 0.6) is 5.75 Å². The molecule has 5 rings (SSSR count). The third-order valence-electron chi connectivity index (χ3n) is 8.02. The molecular formula is C27H24BrClF3N5O7S. The van der Waals surface area contributed by atoms with Gasteiger partial charge in [0.05, 0.1) is 26.9 Å². The van der Waals surface area contributed by atoms with Gasteiger partial charge in [-0.3, -0.25) is 14.6 Å². The van der Waals surface area contributed by atoms with E-state index in [2.05, 4.69) is 31.0 Å². The van der Waals surface area contributed by atoms with E-state index in [1.807, 2.05) is 6.07 Å². The zero-order valence-corrected chi connectivity index (χ0v) is 26.2. The number of halogens is 5. The molecule has 2 N–H and O–H groups in total. The average molecular weight is 735 g/mol. The van der Waals surface area contributed by atoms with Crippen LogP contribution in [0.1, 0.15) is 25.0 Å². The summed E-state index contributed by atoms with van der Waals surface area (Å²) >= 11 is 9.45. The highest BCUT2D eigenvalue weighted by molar-refractivity contribution is 9.10. The Hall–Kier alpha value is -3.62. The number of hydrogen-bond donors (Lipinski definition) is 2. The Morgan fingerprint density at radius 3 is 2.44 bits per heavy atom. The lowest BCUT2D eigenvalue weighted by molar-refractivity contribution is -0.153. The van der Waals surface area contributed by atoms with Crippen molar-refractivity contribution in [3.05, 3.63) is 51.7 Å². The molecule has 18 heteroatoms. The zero-order chi connectivity index (χ0) is 32.9. The van der Waals surface area contributed by atoms with Crippen LogP contribution in [-0.2, 0) is 24.8 Å². The van der Waals surface area contributed by atoms with Crippen molar-refractivity contribution >= 4 is 55.3 Å². The van der Waals surface area contributed by atoms with E-state index in [-0.39, 0.29) is 24.5 Å². The molecule has 3 heterocycles. The first-order valence-corrected chi connectivity index (χ1v) is 16.1. The number of nitriles is 1. The van der Waals surface area contributed by atoms with Gasteiger partial charge in [-0.15, -0.1) is 0 Å². The predicted molar refractivity (Wildman–Crippen MR) is 153 cm³/mol. The Balaban J connectivity index is 1.48. The van der Waals surface area contributed by atoms with Crippen molar-refractivity contribution in [3.63, 3.8) is 0 Å². The minimum Gasteiger partial charge on any atom is -0.484 e. The summed E-state index contributed by atoms with van der Waals surface area (Å²) in [7, 11) is -4.40. The van der Waals surface area contributed by atoms with Gasteiger partial charge in [-0.1, -0.05) is 11.6 Å². The van der Waals surface area contributed by atoms with E-state index in [9.17, 15) is 46.3 Å². The Kier molecular flexibility index (Phi) is 8.47. The summed E-state index contributed by atoms with van der Waals surface area (Å²) in [6.07, 6.45) is -4.15. The van der Waals surface area contributed by atoms with Gasteiger partial charge in [0, 0.05) is 36.4 Å². The number of carboxylic acid groups (broad SMARTS) is 1. The molecule has 0 unspecified atom stereocenters. The fourth-order valence-corrected chi connectivity index (χ4v) is 7.90. The number of carbonyl (C=O) groups is 3. The molecule has 3 amide bonds. The van der Waals surface area contributed by atoms with Crippen LogP contribution in [0.3, 0.4) is 0 Å². The van der Waals surface area contributed by atoms with Crippen LogP contribution < -0.4 is 10.1 Å². The standard InChI is InChI=1S/C27H24BrClF3N5O7S/c28-15-1-4-21(34-9-15)26(12-36(13-26)24(40)41)23(39)37-10-17(8-19(37)22(38)35-25(11-33)5-6-25)45(42,43)20-3-2-16(7-18(20)29)44-14-27(30,31)32/h1-4,7,9,17,19H,5-6,8,10,12-14H2,(H,35,38)(H,40,41)/t17-,19+/m1/s1. The maximum atomic E-state index is 14.3. The third kappa shape index (κ3) is 6.40. The molecular weight excluding hydrogens is 711 g/mol. The summed E-state index contributed by atoms with van der Waals surface area (Å²) < 4.78 is 70.6. The van der Waals surface area contributed by atoms with Gasteiger partial charge < -0.3 is 25.0 Å². The lowest BCUT2D eigenvalue weighted by atomic mass is 9.75. The van der Waals surface area contributed by atoms with Crippen LogP contribution >= 0.6 is 27.5 Å². The highest BCUT2D eigenvalue weighted by atomic mass is 79.9. The summed E-state index contributed by atoms with van der Waals surface area (Å²) in [5, 5.41) is 19.8. The molecule has 2 atom stereocenters. The summed E-state index contributed by atoms with van der Waals surface area (Å²) in [6.45, 7) is -2.71. The minimum atomic E-state index is -4.64. The summed E-state index contributed by atoms with van der Waals surface area (Å²) in [4.78, 5) is 45.4. The van der Waals surface area contributed by atoms with Crippen LogP contribution in [0.25, 0.3) is 0 Å². The first-order valence-electron chi connectivity index (χ1n) is 13.4. The predicted octanol–water partition coefficient (Wildman–Crippen LogP) is 3.29. The van der Waals surface area contributed by atoms with Crippen LogP contribution in [0.4, 0.5) is 18.0 Å². The van der Waals surface area contributed by atoms with Crippen molar-refractivity contribution in [1.29, 1.82) is 5.26 Å². The van der Waals surface area contributed by atoms with Crippen molar-refractivity contribution in [2.24, 2.45) is 0 Å². The quantitative estimate of drug-likeness (QED) is 0.413. The van der Waals surface area contributed by atoms with Crippen LogP contribution in [-0.4, -0.2) is 95.5 Å². The zero-order valence-electron chi connectivity index (χ0n) is 23.1. The monoisotopic (exact) mass is 733 g/mol. The van der Waals surface area contributed by atoms with Crippen LogP contribution in [0.2, 0.25) is 5.02 Å². The Bertz CT molecular complexity index is 1690. The van der Waals surface area contributed by atoms with Gasteiger partial charge in [0.25, 0.3) is 0 Å². The van der Waals surface area contributed by atoms with Gasteiger partial charge >= 0.3 is 12.3 Å². The Morgan fingerprint density at radius 2 is 1.91 bits per heavy atom. The van der Waals surface area contributed by atoms with E-state index in [0.29, 0.717) is 17.3 Å². The van der Waals surface area contributed by atoms with Gasteiger partial charge in [0.1, 0.15) is 22.7 Å². The number of carbonyl (C=O) groups excluding carboxylic acids is 2. The Labute approximate surface area is 268 Å². The number of hydrogen-bond acceptors (Lipinski definition) is 8. The molecule has 1 aromatic carbocycles. The van der Waals surface area contributed by atoms with Crippen molar-refractivity contribution in [2.75, 3.05) is 26.2 Å². The number of benzene rings is 1. The number of amides is 3. The largest absolute Gasteiger partial charge is 0.484 e. The van der Waals surface area contributed by atoms with E-state index in [0.717, 1.165) is 28.0 Å². The number of nitrogens with one attached hydrogen (secondary N) is 1. The second kappa shape index (κ2) is 11.6. The number of ether oxygens (including phenoxy) is 1. The maximum absolute atomic E-state index is 14.3. The number of sulfone groups is 1. The number of pyridine rings is 1. The van der Waals surface area contributed by atoms with Crippen LogP contribution in [0, 0.1) is 11.3 Å². The second-order valence-electron chi connectivity index (χ2n) is 11.1. The van der Waals surface area contributed by atoms with E-state index >= 15 is 0 Å². The molecule has 2 aromatic rings. The van der Waals surface area contributed by atoms with Gasteiger partial charge in [-0.25, -0.2) is 13.2 Å². The van der Waals surface area contributed by atoms with Gasteiger partial charge in [-0.05, 0) is 59.5 Å². The van der Waals surface area contributed by atoms with E-state index < -0.39 is 85.7 Å². The molecule has 1 aromatic heterocycles. The van der Waals surface area contributed by atoms with Gasteiger partial charge in [0.2, 0.25) is 11.8 Å². The molecule has 2 aliphatic heterocycles. The number of likely N-dealkylation sites (tertiary alicyclic amines) is 2. The second-order valence-corrected chi connectivity index (χ2v) is 14.7. The molecule has 240 valence electrons. The molecule has 1 saturated carbocycles. The normalized spacial score (nSPS) is 21.8. The first kappa shape index (κ1) is 32.8. The topological polar surface area (TPSA) is 170 Å². The molecule has 0 radical (unpaired) electrons. The number of aromatic nitrogens is 1. The molecule has 3 fully saturated rings. The van der Waals surface area contributed by atoms with Crippen molar-refractivity contribution in [1.82, 2.24) is 20.1 Å². The fourth-order valence-electron chi connectivity index (χ4n) is 5.43.